The van der Waals surface area contributed by atoms with Crippen molar-refractivity contribution >= 4 is 34.6 Å². The van der Waals surface area contributed by atoms with Gasteiger partial charge < -0.3 is 15.8 Å². The molecule has 1 aromatic heterocycles. The van der Waals surface area contributed by atoms with Crippen LogP contribution in [0.4, 0.5) is 11.4 Å². The van der Waals surface area contributed by atoms with E-state index >= 15 is 0 Å². The number of aromatic nitrogens is 1. The van der Waals surface area contributed by atoms with Crippen LogP contribution in [0.15, 0.2) is 41.5 Å². The Labute approximate surface area is 181 Å². The maximum Gasteiger partial charge on any atom is 0.146 e. The summed E-state index contributed by atoms with van der Waals surface area (Å²) in [6.07, 6.45) is 3.73. The van der Waals surface area contributed by atoms with Crippen molar-refractivity contribution in [2.45, 2.75) is 38.6 Å². The molecule has 1 aromatic carbocycles. The molecule has 2 atom stereocenters. The molecule has 0 bridgehead atoms. The third kappa shape index (κ3) is 4.07. The van der Waals surface area contributed by atoms with Crippen LogP contribution in [0.2, 0.25) is 5.02 Å². The van der Waals surface area contributed by atoms with E-state index in [9.17, 15) is 4.79 Å². The topological polar surface area (TPSA) is 89.6 Å². The molecule has 30 heavy (non-hydrogen) atoms. The molecule has 1 saturated heterocycles. The molecule has 4 rings (SSSR count). The number of nitrogens with two attached hydrogens (primary N) is 1. The third-order valence-corrected chi connectivity index (χ3v) is 6.47. The van der Waals surface area contributed by atoms with Crippen molar-refractivity contribution < 1.29 is 9.53 Å². The highest BCUT2D eigenvalue weighted by Gasteiger charge is 2.43. The predicted molar refractivity (Wildman–Crippen MR) is 119 cm³/mol. The van der Waals surface area contributed by atoms with Gasteiger partial charge in [-0.3, -0.25) is 14.8 Å². The van der Waals surface area contributed by atoms with E-state index in [-0.39, 0.29) is 24.0 Å². The second-order valence-electron chi connectivity index (χ2n) is 8.36. The number of carbonyl (C=O) groups excluding carboxylic acids is 1. The van der Waals surface area contributed by atoms with Crippen LogP contribution in [0.3, 0.4) is 0 Å². The average molecular weight is 427 g/mol. The number of nitrogens with one attached hydrogen (secondary N) is 1. The minimum absolute atomic E-state index is 0.133. The Kier molecular flexibility index (Phi) is 5.80. The molecule has 0 amide bonds. The summed E-state index contributed by atoms with van der Waals surface area (Å²) in [5.41, 5.74) is 8.89. The van der Waals surface area contributed by atoms with Crippen LogP contribution in [0.5, 0.6) is 0 Å². The number of nitrogens with zero attached hydrogens (tertiary/aromatic N) is 2. The first kappa shape index (κ1) is 20.8. The Morgan fingerprint density at radius 3 is 2.67 bits per heavy atom. The summed E-state index contributed by atoms with van der Waals surface area (Å²) >= 11 is 6.77. The highest BCUT2D eigenvalue weighted by atomic mass is 35.5. The second-order valence-corrected chi connectivity index (χ2v) is 8.74. The van der Waals surface area contributed by atoms with Gasteiger partial charge in [-0.1, -0.05) is 23.7 Å². The van der Waals surface area contributed by atoms with Crippen molar-refractivity contribution in [2.75, 3.05) is 18.5 Å². The predicted octanol–water partition coefficient (Wildman–Crippen LogP) is 4.38. The molecule has 158 valence electrons. The first-order valence-electron chi connectivity index (χ1n) is 10.3. The Hall–Kier alpha value is -2.44. The molecule has 0 aliphatic carbocycles. The number of ether oxygens (including phenoxy) is 1. The number of halogens is 1. The fraction of sp³-hybridized carbons (Fsp3) is 0.435. The third-order valence-electron chi connectivity index (χ3n) is 6.07. The van der Waals surface area contributed by atoms with Crippen molar-refractivity contribution in [1.29, 1.82) is 0 Å². The maximum atomic E-state index is 13.1. The van der Waals surface area contributed by atoms with Gasteiger partial charge in [0.05, 0.1) is 34.1 Å². The summed E-state index contributed by atoms with van der Waals surface area (Å²) < 4.78 is 5.43. The normalized spacial score (nSPS) is 25.1. The monoisotopic (exact) mass is 426 g/mol. The van der Waals surface area contributed by atoms with Gasteiger partial charge in [0.2, 0.25) is 0 Å². The van der Waals surface area contributed by atoms with Gasteiger partial charge in [0, 0.05) is 30.9 Å². The molecule has 2 aliphatic rings. The molecule has 7 heteroatoms. The van der Waals surface area contributed by atoms with Crippen molar-refractivity contribution in [2.24, 2.45) is 22.6 Å². The van der Waals surface area contributed by atoms with E-state index in [4.69, 9.17) is 27.1 Å². The summed E-state index contributed by atoms with van der Waals surface area (Å²) in [5, 5.41) is 3.84. The molecule has 3 heterocycles. The number of carbonyl (C=O) groups is 1. The van der Waals surface area contributed by atoms with Crippen molar-refractivity contribution in [3.63, 3.8) is 0 Å². The number of aryl methyl sites for hydroxylation is 1. The number of rotatable bonds is 4. The molecule has 2 aromatic rings. The quantitative estimate of drug-likeness (QED) is 0.757. The van der Waals surface area contributed by atoms with E-state index < -0.39 is 5.54 Å². The first-order chi connectivity index (χ1) is 14.4. The summed E-state index contributed by atoms with van der Waals surface area (Å²) in [7, 11) is 0. The number of ketones is 1. The van der Waals surface area contributed by atoms with Crippen LogP contribution in [0.25, 0.3) is 0 Å². The largest absolute Gasteiger partial charge is 0.387 e. The van der Waals surface area contributed by atoms with E-state index in [1.807, 2.05) is 44.2 Å². The number of hydrogen-bond acceptors (Lipinski definition) is 6. The first-order valence-corrected chi connectivity index (χ1v) is 10.7. The Morgan fingerprint density at radius 1 is 1.23 bits per heavy atom. The summed E-state index contributed by atoms with van der Waals surface area (Å²) in [5.74, 6) is 0.435. The average Bonchev–Trinajstić information content (AvgIpc) is 2.71. The smallest absolute Gasteiger partial charge is 0.146 e. The molecular weight excluding hydrogens is 400 g/mol. The van der Waals surface area contributed by atoms with Gasteiger partial charge in [0.25, 0.3) is 0 Å². The van der Waals surface area contributed by atoms with E-state index in [1.54, 1.807) is 6.20 Å². The van der Waals surface area contributed by atoms with Crippen molar-refractivity contribution in [1.82, 2.24) is 4.98 Å². The fourth-order valence-electron chi connectivity index (χ4n) is 4.46. The Balaban J connectivity index is 1.63. The number of benzene rings is 1. The van der Waals surface area contributed by atoms with E-state index in [2.05, 4.69) is 10.3 Å². The number of pyridine rings is 1. The number of hydrogen-bond donors (Lipinski definition) is 2. The lowest BCUT2D eigenvalue weighted by Crippen LogP contribution is -2.46. The van der Waals surface area contributed by atoms with Crippen LogP contribution < -0.4 is 11.1 Å². The molecule has 1 fully saturated rings. The molecule has 0 spiro atoms. The van der Waals surface area contributed by atoms with Crippen LogP contribution in [0, 0.1) is 18.8 Å². The van der Waals surface area contributed by atoms with Crippen LogP contribution >= 0.6 is 11.6 Å². The maximum absolute atomic E-state index is 13.1. The lowest BCUT2D eigenvalue weighted by molar-refractivity contribution is -0.125. The lowest BCUT2D eigenvalue weighted by atomic mass is 9.74. The van der Waals surface area contributed by atoms with Crippen LogP contribution in [0.1, 0.15) is 37.4 Å². The molecule has 6 nitrogen and oxygen atoms in total. The van der Waals surface area contributed by atoms with Gasteiger partial charge in [-0.25, -0.2) is 0 Å². The molecule has 0 radical (unpaired) electrons. The SMILES string of the molecule is Cc1ccc(Nc2cccc([C@]3(C)CC(=O)C(C4CCOCC4)C(N)=N3)c2Cl)cn1. The van der Waals surface area contributed by atoms with Crippen LogP contribution in [-0.2, 0) is 15.1 Å². The standard InChI is InChI=1S/C23H27ClN4O2/c1-14-6-7-16(13-26-14)27-18-5-3-4-17(21(18)24)23(2)12-19(29)20(22(25)28-23)15-8-10-30-11-9-15/h3-7,13,15,20,27H,8-12H2,1-2H3,(H2,25,28)/t20?,23-/m0/s1. The zero-order valence-corrected chi connectivity index (χ0v) is 18.1. The van der Waals surface area contributed by atoms with Crippen molar-refractivity contribution in [3.05, 3.63) is 52.8 Å². The second kappa shape index (κ2) is 8.36. The lowest BCUT2D eigenvalue weighted by Gasteiger charge is -2.37. The fourth-order valence-corrected chi connectivity index (χ4v) is 4.84. The van der Waals surface area contributed by atoms with Gasteiger partial charge in [0.15, 0.2) is 0 Å². The van der Waals surface area contributed by atoms with Gasteiger partial charge in [-0.15, -0.1) is 0 Å². The van der Waals surface area contributed by atoms with Gasteiger partial charge in [0.1, 0.15) is 11.6 Å². The molecular formula is C23H27ClN4O2. The molecule has 3 N–H and O–H groups in total. The Bertz CT molecular complexity index is 970. The van der Waals surface area contributed by atoms with Gasteiger partial charge >= 0.3 is 0 Å². The number of anilines is 2. The van der Waals surface area contributed by atoms with Gasteiger partial charge in [-0.2, -0.15) is 0 Å². The Morgan fingerprint density at radius 2 is 2.00 bits per heavy atom. The summed E-state index contributed by atoms with van der Waals surface area (Å²) in [6, 6.07) is 9.61. The highest BCUT2D eigenvalue weighted by Crippen LogP contribution is 2.43. The van der Waals surface area contributed by atoms with Crippen molar-refractivity contribution in [3.8, 4) is 0 Å². The van der Waals surface area contributed by atoms with Gasteiger partial charge in [-0.05, 0) is 50.8 Å². The number of amidine groups is 1. The molecule has 2 aliphatic heterocycles. The zero-order chi connectivity index (χ0) is 21.3. The minimum atomic E-state index is -0.789. The summed E-state index contributed by atoms with van der Waals surface area (Å²) in [4.78, 5) is 22.3. The summed E-state index contributed by atoms with van der Waals surface area (Å²) in [6.45, 7) is 5.21. The number of aliphatic imine (C=N–C) groups is 1. The van der Waals surface area contributed by atoms with Crippen LogP contribution in [-0.4, -0.2) is 29.8 Å². The van der Waals surface area contributed by atoms with E-state index in [0.29, 0.717) is 24.1 Å². The van der Waals surface area contributed by atoms with E-state index in [1.165, 1.54) is 0 Å². The number of Topliss-reactive ketones (excluding diaryl/α,β-unsaturated/α-hetero) is 1. The molecule has 1 unspecified atom stereocenters. The van der Waals surface area contributed by atoms with E-state index in [0.717, 1.165) is 35.5 Å². The molecule has 0 saturated carbocycles. The minimum Gasteiger partial charge on any atom is -0.387 e. The zero-order valence-electron chi connectivity index (χ0n) is 17.3. The highest BCUT2D eigenvalue weighted by molar-refractivity contribution is 6.34.